The second-order valence-electron chi connectivity index (χ2n) is 5.91. The standard InChI is InChI=1S/C15H18O4/c1-4-15-6-5-10-8(2)14(17)19-12(10)11(15)9(3)13(16)18-7-15/h4,8,10-12H,1,3,5-7H2,2H3/t8-,10-,11+,12-,15+/m0/s1. The van der Waals surface area contributed by atoms with Crippen LogP contribution in [0.15, 0.2) is 24.8 Å². The highest BCUT2D eigenvalue weighted by molar-refractivity contribution is 5.90. The van der Waals surface area contributed by atoms with Crippen molar-refractivity contribution in [3.8, 4) is 0 Å². The highest BCUT2D eigenvalue weighted by Crippen LogP contribution is 2.55. The van der Waals surface area contributed by atoms with Gasteiger partial charge in [0.2, 0.25) is 0 Å². The Morgan fingerprint density at radius 2 is 2.16 bits per heavy atom. The molecule has 4 heteroatoms. The Bertz CT molecular complexity index is 481. The van der Waals surface area contributed by atoms with Crippen molar-refractivity contribution in [2.24, 2.45) is 23.2 Å². The van der Waals surface area contributed by atoms with Gasteiger partial charge < -0.3 is 9.47 Å². The molecule has 0 amide bonds. The summed E-state index contributed by atoms with van der Waals surface area (Å²) >= 11 is 0. The van der Waals surface area contributed by atoms with E-state index >= 15 is 0 Å². The zero-order valence-corrected chi connectivity index (χ0v) is 11.1. The number of hydrogen-bond donors (Lipinski definition) is 0. The van der Waals surface area contributed by atoms with E-state index in [-0.39, 0.29) is 41.2 Å². The Morgan fingerprint density at radius 3 is 2.84 bits per heavy atom. The lowest BCUT2D eigenvalue weighted by Crippen LogP contribution is -2.52. The van der Waals surface area contributed by atoms with Gasteiger partial charge in [-0.2, -0.15) is 0 Å². The molecule has 0 unspecified atom stereocenters. The highest BCUT2D eigenvalue weighted by Gasteiger charge is 2.59. The van der Waals surface area contributed by atoms with Gasteiger partial charge in [-0.25, -0.2) is 4.79 Å². The molecule has 0 aromatic carbocycles. The summed E-state index contributed by atoms with van der Waals surface area (Å²) in [4.78, 5) is 23.6. The van der Waals surface area contributed by atoms with Crippen molar-refractivity contribution in [1.82, 2.24) is 0 Å². The average Bonchev–Trinajstić information content (AvgIpc) is 2.69. The van der Waals surface area contributed by atoms with Crippen LogP contribution in [0.4, 0.5) is 0 Å². The topological polar surface area (TPSA) is 52.6 Å². The smallest absolute Gasteiger partial charge is 0.333 e. The second kappa shape index (κ2) is 3.95. The summed E-state index contributed by atoms with van der Waals surface area (Å²) < 4.78 is 10.7. The van der Waals surface area contributed by atoms with E-state index in [1.807, 2.05) is 13.0 Å². The second-order valence-corrected chi connectivity index (χ2v) is 5.91. The lowest BCUT2D eigenvalue weighted by atomic mass is 9.58. The van der Waals surface area contributed by atoms with Crippen molar-refractivity contribution >= 4 is 11.9 Å². The molecule has 0 N–H and O–H groups in total. The van der Waals surface area contributed by atoms with Crippen LogP contribution in [0, 0.1) is 23.2 Å². The number of ether oxygens (including phenoxy) is 2. The van der Waals surface area contributed by atoms with Gasteiger partial charge in [-0.3, -0.25) is 4.79 Å². The molecule has 1 saturated carbocycles. The Morgan fingerprint density at radius 1 is 1.42 bits per heavy atom. The van der Waals surface area contributed by atoms with E-state index in [0.717, 1.165) is 12.8 Å². The minimum absolute atomic E-state index is 0.0986. The van der Waals surface area contributed by atoms with Gasteiger partial charge in [0.25, 0.3) is 0 Å². The molecule has 3 aliphatic rings. The monoisotopic (exact) mass is 262 g/mol. The van der Waals surface area contributed by atoms with Crippen molar-refractivity contribution in [3.05, 3.63) is 24.8 Å². The van der Waals surface area contributed by atoms with E-state index in [9.17, 15) is 9.59 Å². The molecule has 1 aliphatic carbocycles. The molecule has 3 rings (SSSR count). The molecule has 5 atom stereocenters. The summed E-state index contributed by atoms with van der Waals surface area (Å²) in [6.45, 7) is 9.98. The molecule has 102 valence electrons. The van der Waals surface area contributed by atoms with E-state index in [0.29, 0.717) is 12.2 Å². The molecule has 4 nitrogen and oxygen atoms in total. The molecule has 0 spiro atoms. The number of carbonyl (C=O) groups excluding carboxylic acids is 2. The average molecular weight is 262 g/mol. The van der Waals surface area contributed by atoms with E-state index < -0.39 is 0 Å². The Kier molecular flexibility index (Phi) is 2.59. The van der Waals surface area contributed by atoms with Gasteiger partial charge in [0, 0.05) is 22.8 Å². The predicted molar refractivity (Wildman–Crippen MR) is 68.0 cm³/mol. The van der Waals surface area contributed by atoms with Crippen molar-refractivity contribution in [2.75, 3.05) is 6.61 Å². The van der Waals surface area contributed by atoms with Crippen molar-refractivity contribution in [3.63, 3.8) is 0 Å². The van der Waals surface area contributed by atoms with Crippen LogP contribution in [0.1, 0.15) is 19.8 Å². The fourth-order valence-electron chi connectivity index (χ4n) is 3.85. The number of rotatable bonds is 1. The van der Waals surface area contributed by atoms with Crippen molar-refractivity contribution in [1.29, 1.82) is 0 Å². The van der Waals surface area contributed by atoms with Crippen LogP contribution in [-0.2, 0) is 19.1 Å². The third-order valence-corrected chi connectivity index (χ3v) is 5.10. The Balaban J connectivity index is 2.02. The lowest BCUT2D eigenvalue weighted by molar-refractivity contribution is -0.161. The highest BCUT2D eigenvalue weighted by atomic mass is 16.6. The minimum Gasteiger partial charge on any atom is -0.461 e. The van der Waals surface area contributed by atoms with Crippen LogP contribution in [0.3, 0.4) is 0 Å². The SMILES string of the molecule is C=C[C@]12CC[C@@H]3[C@H](OC(=O)[C@H]3C)[C@H]1C(=C)C(=O)OC2. The number of fused-ring (bicyclic) bond motifs is 3. The molecular formula is C15H18O4. The van der Waals surface area contributed by atoms with E-state index in [4.69, 9.17) is 9.47 Å². The van der Waals surface area contributed by atoms with Gasteiger partial charge in [-0.05, 0) is 12.8 Å². The molecule has 0 bridgehead atoms. The quantitative estimate of drug-likeness (QED) is 0.411. The number of carbonyl (C=O) groups is 2. The lowest BCUT2D eigenvalue weighted by Gasteiger charge is -2.49. The maximum atomic E-state index is 11.8. The fourth-order valence-corrected chi connectivity index (χ4v) is 3.85. The molecule has 2 aliphatic heterocycles. The van der Waals surface area contributed by atoms with E-state index in [2.05, 4.69) is 13.2 Å². The van der Waals surface area contributed by atoms with Gasteiger partial charge in [-0.15, -0.1) is 6.58 Å². The third kappa shape index (κ3) is 1.52. The number of cyclic esters (lactones) is 1. The molecule has 0 aromatic rings. The Hall–Kier alpha value is -1.58. The summed E-state index contributed by atoms with van der Waals surface area (Å²) in [5.74, 6) is -0.647. The summed E-state index contributed by atoms with van der Waals surface area (Å²) in [7, 11) is 0. The summed E-state index contributed by atoms with van der Waals surface area (Å²) in [5.41, 5.74) is 0.0963. The van der Waals surface area contributed by atoms with Gasteiger partial charge in [0.1, 0.15) is 12.7 Å². The van der Waals surface area contributed by atoms with Crippen LogP contribution < -0.4 is 0 Å². The zero-order chi connectivity index (χ0) is 13.8. The summed E-state index contributed by atoms with van der Waals surface area (Å²) in [5, 5.41) is 0. The van der Waals surface area contributed by atoms with Crippen LogP contribution in [0.25, 0.3) is 0 Å². The normalized spacial score (nSPS) is 45.0. The zero-order valence-electron chi connectivity index (χ0n) is 11.1. The summed E-state index contributed by atoms with van der Waals surface area (Å²) in [6.07, 6.45) is 3.35. The molecule has 2 heterocycles. The van der Waals surface area contributed by atoms with Crippen LogP contribution in [0.2, 0.25) is 0 Å². The van der Waals surface area contributed by atoms with Gasteiger partial charge in [-0.1, -0.05) is 19.6 Å². The van der Waals surface area contributed by atoms with Gasteiger partial charge >= 0.3 is 11.9 Å². The van der Waals surface area contributed by atoms with Crippen molar-refractivity contribution in [2.45, 2.75) is 25.9 Å². The first-order chi connectivity index (χ1) is 9.00. The third-order valence-electron chi connectivity index (χ3n) is 5.10. The van der Waals surface area contributed by atoms with Crippen molar-refractivity contribution < 1.29 is 19.1 Å². The summed E-state index contributed by atoms with van der Waals surface area (Å²) in [6, 6.07) is 0. The van der Waals surface area contributed by atoms with Gasteiger partial charge in [0.15, 0.2) is 0 Å². The molecule has 19 heavy (non-hydrogen) atoms. The molecular weight excluding hydrogens is 244 g/mol. The Labute approximate surface area is 112 Å². The molecule has 2 saturated heterocycles. The van der Waals surface area contributed by atoms with Crippen LogP contribution >= 0.6 is 0 Å². The molecule has 0 radical (unpaired) electrons. The van der Waals surface area contributed by atoms with Gasteiger partial charge in [0.05, 0.1) is 5.92 Å². The number of hydrogen-bond acceptors (Lipinski definition) is 4. The minimum atomic E-state index is -0.376. The predicted octanol–water partition coefficient (Wildman–Crippen LogP) is 1.86. The maximum absolute atomic E-state index is 11.8. The molecule has 3 fully saturated rings. The van der Waals surface area contributed by atoms with Crippen LogP contribution in [0.5, 0.6) is 0 Å². The maximum Gasteiger partial charge on any atom is 0.333 e. The first-order valence-electron chi connectivity index (χ1n) is 6.70. The first kappa shape index (κ1) is 12.5. The fraction of sp³-hybridized carbons (Fsp3) is 0.600. The molecule has 0 aromatic heterocycles. The van der Waals surface area contributed by atoms with E-state index in [1.165, 1.54) is 0 Å². The van der Waals surface area contributed by atoms with Crippen LogP contribution in [-0.4, -0.2) is 24.6 Å². The van der Waals surface area contributed by atoms with E-state index in [1.54, 1.807) is 0 Å². The largest absolute Gasteiger partial charge is 0.461 e. The first-order valence-corrected chi connectivity index (χ1v) is 6.70. The number of esters is 2.